The standard InChI is InChI=1S/C9H12F4N2O4/c10-7(11)9(12,13)3-14-8(19)15-2-4(16)1-5(15)6(17)18/h4-5,7,16H,1-3H2,(H,14,19)(H,17,18)/t4-,5-/m1/s1. The van der Waals surface area contributed by atoms with Crippen LogP contribution in [0.5, 0.6) is 0 Å². The number of hydrogen-bond acceptors (Lipinski definition) is 3. The second kappa shape index (κ2) is 5.59. The monoisotopic (exact) mass is 288 g/mol. The fraction of sp³-hybridized carbons (Fsp3) is 0.778. The minimum absolute atomic E-state index is 0.242. The average Bonchev–Trinajstić information content (AvgIpc) is 2.68. The molecule has 0 aromatic heterocycles. The third-order valence-corrected chi connectivity index (χ3v) is 2.62. The lowest BCUT2D eigenvalue weighted by atomic mass is 10.2. The summed E-state index contributed by atoms with van der Waals surface area (Å²) >= 11 is 0. The molecule has 1 aliphatic heterocycles. The van der Waals surface area contributed by atoms with Gasteiger partial charge in [0.1, 0.15) is 6.04 Å². The molecule has 110 valence electrons. The normalized spacial score (nSPS) is 23.8. The molecule has 0 saturated carbocycles. The number of alkyl halides is 4. The second-order valence-corrected chi connectivity index (χ2v) is 4.12. The lowest BCUT2D eigenvalue weighted by molar-refractivity contribution is -0.141. The van der Waals surface area contributed by atoms with Gasteiger partial charge in [-0.25, -0.2) is 18.4 Å². The predicted molar refractivity (Wildman–Crippen MR) is 53.1 cm³/mol. The quantitative estimate of drug-likeness (QED) is 0.641. The van der Waals surface area contributed by atoms with Gasteiger partial charge in [0.2, 0.25) is 0 Å². The van der Waals surface area contributed by atoms with Crippen molar-refractivity contribution in [1.82, 2.24) is 10.2 Å². The Morgan fingerprint density at radius 2 is 2.00 bits per heavy atom. The van der Waals surface area contributed by atoms with Gasteiger partial charge in [-0.2, -0.15) is 8.78 Å². The maximum Gasteiger partial charge on any atom is 0.326 e. The van der Waals surface area contributed by atoms with Gasteiger partial charge in [0.15, 0.2) is 0 Å². The van der Waals surface area contributed by atoms with Crippen LogP contribution in [0.25, 0.3) is 0 Å². The van der Waals surface area contributed by atoms with Gasteiger partial charge >= 0.3 is 24.3 Å². The van der Waals surface area contributed by atoms with Gasteiger partial charge in [-0.15, -0.1) is 0 Å². The number of amides is 2. The molecule has 0 aliphatic carbocycles. The number of urea groups is 1. The van der Waals surface area contributed by atoms with E-state index in [-0.39, 0.29) is 13.0 Å². The highest BCUT2D eigenvalue weighted by molar-refractivity contribution is 5.83. The molecule has 0 aromatic carbocycles. The van der Waals surface area contributed by atoms with E-state index in [1.54, 1.807) is 0 Å². The molecule has 19 heavy (non-hydrogen) atoms. The molecule has 6 nitrogen and oxygen atoms in total. The van der Waals surface area contributed by atoms with Crippen LogP contribution in [0.3, 0.4) is 0 Å². The number of β-amino-alcohol motifs (C(OH)–C–C–N with tert-alkyl or cyclic N) is 1. The molecule has 10 heteroatoms. The highest BCUT2D eigenvalue weighted by atomic mass is 19.3. The Kier molecular flexibility index (Phi) is 4.56. The van der Waals surface area contributed by atoms with E-state index in [2.05, 4.69) is 0 Å². The van der Waals surface area contributed by atoms with Crippen molar-refractivity contribution in [2.24, 2.45) is 0 Å². The first-order chi connectivity index (χ1) is 8.65. The molecule has 3 N–H and O–H groups in total. The summed E-state index contributed by atoms with van der Waals surface area (Å²) in [6.45, 7) is -1.97. The zero-order valence-electron chi connectivity index (χ0n) is 9.52. The summed E-state index contributed by atoms with van der Waals surface area (Å²) in [4.78, 5) is 22.8. The highest BCUT2D eigenvalue weighted by Crippen LogP contribution is 2.22. The van der Waals surface area contributed by atoms with Crippen LogP contribution < -0.4 is 5.32 Å². The van der Waals surface area contributed by atoms with E-state index in [1.165, 1.54) is 5.32 Å². The minimum Gasteiger partial charge on any atom is -0.480 e. The Morgan fingerprint density at radius 1 is 1.42 bits per heavy atom. The van der Waals surface area contributed by atoms with Gasteiger partial charge in [0.05, 0.1) is 12.6 Å². The lowest BCUT2D eigenvalue weighted by Gasteiger charge is -2.23. The van der Waals surface area contributed by atoms with E-state index in [0.29, 0.717) is 4.90 Å². The Hall–Kier alpha value is -1.58. The van der Waals surface area contributed by atoms with Crippen molar-refractivity contribution in [2.45, 2.75) is 30.9 Å². The zero-order chi connectivity index (χ0) is 14.8. The van der Waals surface area contributed by atoms with Crippen molar-refractivity contribution in [3.05, 3.63) is 0 Å². The SMILES string of the molecule is O=C(O)[C@H]1C[C@@H](O)CN1C(=O)NCC(F)(F)C(F)F. The zero-order valence-corrected chi connectivity index (χ0v) is 9.52. The van der Waals surface area contributed by atoms with Crippen LogP contribution in [0.4, 0.5) is 22.4 Å². The number of aliphatic hydroxyl groups excluding tert-OH is 1. The Labute approximate surface area is 105 Å². The molecule has 1 heterocycles. The van der Waals surface area contributed by atoms with Gasteiger partial charge in [-0.05, 0) is 0 Å². The van der Waals surface area contributed by atoms with Crippen molar-refractivity contribution < 1.29 is 37.4 Å². The molecule has 1 aliphatic rings. The van der Waals surface area contributed by atoms with E-state index in [9.17, 15) is 32.3 Å². The van der Waals surface area contributed by atoms with Crippen molar-refractivity contribution in [3.8, 4) is 0 Å². The predicted octanol–water partition coefficient (Wildman–Crippen LogP) is 0.116. The first kappa shape index (κ1) is 15.5. The number of halogens is 4. The summed E-state index contributed by atoms with van der Waals surface area (Å²) < 4.78 is 48.9. The molecule has 2 amide bonds. The minimum atomic E-state index is -4.40. The van der Waals surface area contributed by atoms with Gasteiger partial charge < -0.3 is 20.4 Å². The van der Waals surface area contributed by atoms with Gasteiger partial charge in [0.25, 0.3) is 0 Å². The molecule has 1 saturated heterocycles. The smallest absolute Gasteiger partial charge is 0.326 e. The molecule has 1 rings (SSSR count). The van der Waals surface area contributed by atoms with Crippen LogP contribution in [-0.4, -0.2) is 64.7 Å². The summed E-state index contributed by atoms with van der Waals surface area (Å²) in [7, 11) is 0. The average molecular weight is 288 g/mol. The Bertz CT molecular complexity index is 366. The molecule has 0 spiro atoms. The fourth-order valence-corrected chi connectivity index (χ4v) is 1.64. The van der Waals surface area contributed by atoms with E-state index in [0.717, 1.165) is 0 Å². The number of aliphatic carboxylic acids is 1. The van der Waals surface area contributed by atoms with Crippen LogP contribution >= 0.6 is 0 Å². The molecule has 0 aromatic rings. The Morgan fingerprint density at radius 3 is 2.47 bits per heavy atom. The van der Waals surface area contributed by atoms with Crippen LogP contribution in [0, 0.1) is 0 Å². The van der Waals surface area contributed by atoms with Crippen LogP contribution in [0.2, 0.25) is 0 Å². The van der Waals surface area contributed by atoms with E-state index >= 15 is 0 Å². The maximum absolute atomic E-state index is 12.6. The number of aliphatic hydroxyl groups is 1. The van der Waals surface area contributed by atoms with Gasteiger partial charge in [-0.1, -0.05) is 0 Å². The summed E-state index contributed by atoms with van der Waals surface area (Å²) in [5.74, 6) is -5.81. The van der Waals surface area contributed by atoms with Crippen molar-refractivity contribution in [3.63, 3.8) is 0 Å². The van der Waals surface area contributed by atoms with Gasteiger partial charge in [0, 0.05) is 13.0 Å². The molecule has 1 fully saturated rings. The first-order valence-corrected chi connectivity index (χ1v) is 5.26. The number of nitrogens with one attached hydrogen (secondary N) is 1. The molecule has 0 unspecified atom stereocenters. The summed E-state index contributed by atoms with van der Waals surface area (Å²) in [6, 6.07) is -2.60. The van der Waals surface area contributed by atoms with E-state index < -0.39 is 43.0 Å². The van der Waals surface area contributed by atoms with Crippen LogP contribution in [0.1, 0.15) is 6.42 Å². The van der Waals surface area contributed by atoms with Crippen molar-refractivity contribution >= 4 is 12.0 Å². The third-order valence-electron chi connectivity index (χ3n) is 2.62. The van der Waals surface area contributed by atoms with E-state index in [1.807, 2.05) is 0 Å². The number of carbonyl (C=O) groups is 2. The number of likely N-dealkylation sites (tertiary alicyclic amines) is 1. The lowest BCUT2D eigenvalue weighted by Crippen LogP contribution is -2.50. The highest BCUT2D eigenvalue weighted by Gasteiger charge is 2.43. The molecule has 0 radical (unpaired) electrons. The molecule has 0 bridgehead atoms. The first-order valence-electron chi connectivity index (χ1n) is 5.26. The largest absolute Gasteiger partial charge is 0.480 e. The number of hydrogen-bond donors (Lipinski definition) is 3. The number of carboxylic acid groups (broad SMARTS) is 1. The Balaban J connectivity index is 2.60. The summed E-state index contributed by atoms with van der Waals surface area (Å²) in [5.41, 5.74) is 0. The number of nitrogens with zero attached hydrogens (tertiary/aromatic N) is 1. The maximum atomic E-state index is 12.6. The van der Waals surface area contributed by atoms with Crippen LogP contribution in [0.15, 0.2) is 0 Å². The second-order valence-electron chi connectivity index (χ2n) is 4.12. The third kappa shape index (κ3) is 3.69. The number of carboxylic acids is 1. The summed E-state index contributed by atoms with van der Waals surface area (Å²) in [5, 5.41) is 19.5. The number of rotatable bonds is 4. The topological polar surface area (TPSA) is 89.9 Å². The van der Waals surface area contributed by atoms with Crippen molar-refractivity contribution in [1.29, 1.82) is 0 Å². The van der Waals surface area contributed by atoms with Gasteiger partial charge in [-0.3, -0.25) is 0 Å². The molecule has 2 atom stereocenters. The van der Waals surface area contributed by atoms with Crippen molar-refractivity contribution in [2.75, 3.05) is 13.1 Å². The fourth-order valence-electron chi connectivity index (χ4n) is 1.64. The molecular formula is C9H12F4N2O4. The molecular weight excluding hydrogens is 276 g/mol. The van der Waals surface area contributed by atoms with E-state index in [4.69, 9.17) is 5.11 Å². The van der Waals surface area contributed by atoms with Crippen LogP contribution in [-0.2, 0) is 4.79 Å². The summed E-state index contributed by atoms with van der Waals surface area (Å²) in [6.07, 6.45) is -5.27. The number of carbonyl (C=O) groups excluding carboxylic acids is 1.